The molecule has 0 amide bonds. The molecule has 0 aliphatic heterocycles. The van der Waals surface area contributed by atoms with E-state index in [1.807, 2.05) is 36.4 Å². The van der Waals surface area contributed by atoms with Crippen LogP contribution in [-0.2, 0) is 5.88 Å². The average Bonchev–Trinajstić information content (AvgIpc) is 2.84. The molecule has 18 heavy (non-hydrogen) atoms. The topological polar surface area (TPSA) is 12.9 Å². The molecule has 0 saturated carbocycles. The van der Waals surface area contributed by atoms with Crippen LogP contribution in [0.15, 0.2) is 42.5 Å². The fraction of sp³-hybridized carbons (Fsp3) is 0.0714. The van der Waals surface area contributed by atoms with Crippen LogP contribution in [0.1, 0.15) is 5.56 Å². The molecule has 0 bridgehead atoms. The van der Waals surface area contributed by atoms with Gasteiger partial charge in [-0.2, -0.15) is 0 Å². The van der Waals surface area contributed by atoms with Crippen LogP contribution in [0, 0.1) is 0 Å². The van der Waals surface area contributed by atoms with Crippen LogP contribution in [-0.4, -0.2) is 4.98 Å². The first-order valence-corrected chi connectivity index (χ1v) is 7.21. The van der Waals surface area contributed by atoms with Gasteiger partial charge in [0.05, 0.1) is 15.2 Å². The standard InChI is InChI=1S/C14H9Cl2NS/c15-8-9-3-1-4-10(7-9)14-17-12-6-2-5-11(16)13(12)18-14/h1-7H,8H2. The third-order valence-electron chi connectivity index (χ3n) is 2.70. The highest BCUT2D eigenvalue weighted by Crippen LogP contribution is 2.34. The number of thiazole rings is 1. The number of halogens is 2. The van der Waals surface area contributed by atoms with Gasteiger partial charge in [0.1, 0.15) is 5.01 Å². The van der Waals surface area contributed by atoms with Gasteiger partial charge in [-0.25, -0.2) is 4.98 Å². The molecule has 90 valence electrons. The van der Waals surface area contributed by atoms with Crippen molar-refractivity contribution >= 4 is 44.8 Å². The van der Waals surface area contributed by atoms with Crippen LogP contribution >= 0.6 is 34.5 Å². The van der Waals surface area contributed by atoms with E-state index in [4.69, 9.17) is 23.2 Å². The highest BCUT2D eigenvalue weighted by Gasteiger charge is 2.08. The molecule has 0 spiro atoms. The van der Waals surface area contributed by atoms with E-state index >= 15 is 0 Å². The fourth-order valence-corrected chi connectivity index (χ4v) is 3.24. The van der Waals surface area contributed by atoms with Gasteiger partial charge >= 0.3 is 0 Å². The van der Waals surface area contributed by atoms with Crippen LogP contribution < -0.4 is 0 Å². The Bertz CT molecular complexity index is 706. The summed E-state index contributed by atoms with van der Waals surface area (Å²) in [4.78, 5) is 4.61. The number of hydrogen-bond donors (Lipinski definition) is 0. The Hall–Kier alpha value is -1.09. The van der Waals surface area contributed by atoms with E-state index in [9.17, 15) is 0 Å². The minimum atomic E-state index is 0.513. The van der Waals surface area contributed by atoms with Gasteiger partial charge in [-0.15, -0.1) is 22.9 Å². The third kappa shape index (κ3) is 2.12. The van der Waals surface area contributed by atoms with Crippen LogP contribution in [0.25, 0.3) is 20.8 Å². The van der Waals surface area contributed by atoms with Crippen LogP contribution in [0.2, 0.25) is 5.02 Å². The summed E-state index contributed by atoms with van der Waals surface area (Å²) in [5, 5.41) is 1.73. The summed E-state index contributed by atoms with van der Waals surface area (Å²) in [5.74, 6) is 0.513. The largest absolute Gasteiger partial charge is 0.236 e. The van der Waals surface area contributed by atoms with E-state index in [1.165, 1.54) is 0 Å². The maximum atomic E-state index is 6.17. The van der Waals surface area contributed by atoms with E-state index in [1.54, 1.807) is 11.3 Å². The van der Waals surface area contributed by atoms with Gasteiger partial charge in [-0.1, -0.05) is 35.9 Å². The quantitative estimate of drug-likeness (QED) is 0.580. The van der Waals surface area contributed by atoms with Crippen LogP contribution in [0.5, 0.6) is 0 Å². The summed E-state index contributed by atoms with van der Waals surface area (Å²) in [7, 11) is 0. The molecular formula is C14H9Cl2NS. The zero-order chi connectivity index (χ0) is 12.5. The molecule has 0 N–H and O–H groups in total. The number of aromatic nitrogens is 1. The second-order valence-electron chi connectivity index (χ2n) is 3.94. The lowest BCUT2D eigenvalue weighted by Gasteiger charge is -1.98. The molecule has 1 heterocycles. The molecule has 2 aromatic carbocycles. The van der Waals surface area contributed by atoms with Crippen molar-refractivity contribution in [3.8, 4) is 10.6 Å². The summed E-state index contributed by atoms with van der Waals surface area (Å²) in [5.41, 5.74) is 3.13. The van der Waals surface area contributed by atoms with E-state index in [-0.39, 0.29) is 0 Å². The van der Waals surface area contributed by atoms with Gasteiger partial charge in [0.25, 0.3) is 0 Å². The normalized spacial score (nSPS) is 11.0. The first-order valence-electron chi connectivity index (χ1n) is 5.48. The smallest absolute Gasteiger partial charge is 0.124 e. The molecule has 0 unspecified atom stereocenters. The zero-order valence-electron chi connectivity index (χ0n) is 9.36. The Labute approximate surface area is 119 Å². The van der Waals surface area contributed by atoms with Gasteiger partial charge in [0, 0.05) is 11.4 Å². The first kappa shape index (κ1) is 12.0. The van der Waals surface area contributed by atoms with E-state index in [0.717, 1.165) is 31.4 Å². The predicted octanol–water partition coefficient (Wildman–Crippen LogP) is 5.36. The van der Waals surface area contributed by atoms with Crippen molar-refractivity contribution < 1.29 is 0 Å². The Morgan fingerprint density at radius 1 is 1.11 bits per heavy atom. The molecule has 0 atom stereocenters. The summed E-state index contributed by atoms with van der Waals surface area (Å²) in [6, 6.07) is 13.9. The molecule has 4 heteroatoms. The van der Waals surface area contributed by atoms with Crippen molar-refractivity contribution in [1.29, 1.82) is 0 Å². The maximum Gasteiger partial charge on any atom is 0.124 e. The molecule has 0 aliphatic carbocycles. The Kier molecular flexibility index (Phi) is 3.25. The molecule has 0 radical (unpaired) electrons. The maximum absolute atomic E-state index is 6.17. The van der Waals surface area contributed by atoms with Gasteiger partial charge in [-0.05, 0) is 23.8 Å². The number of alkyl halides is 1. The first-order chi connectivity index (χ1) is 8.78. The van der Waals surface area contributed by atoms with Gasteiger partial charge in [0.2, 0.25) is 0 Å². The summed E-state index contributed by atoms with van der Waals surface area (Å²) in [6.07, 6.45) is 0. The van der Waals surface area contributed by atoms with E-state index < -0.39 is 0 Å². The van der Waals surface area contributed by atoms with Crippen molar-refractivity contribution in [3.63, 3.8) is 0 Å². The number of benzene rings is 2. The van der Waals surface area contributed by atoms with E-state index in [0.29, 0.717) is 5.88 Å². The molecule has 1 aromatic heterocycles. The van der Waals surface area contributed by atoms with Gasteiger partial charge in [-0.3, -0.25) is 0 Å². The van der Waals surface area contributed by atoms with Crippen molar-refractivity contribution in [1.82, 2.24) is 4.98 Å². The van der Waals surface area contributed by atoms with Crippen LogP contribution in [0.4, 0.5) is 0 Å². The fourth-order valence-electron chi connectivity index (χ4n) is 1.83. The second kappa shape index (κ2) is 4.88. The Morgan fingerprint density at radius 2 is 1.94 bits per heavy atom. The van der Waals surface area contributed by atoms with Crippen molar-refractivity contribution in [3.05, 3.63) is 53.1 Å². The molecular weight excluding hydrogens is 285 g/mol. The van der Waals surface area contributed by atoms with E-state index in [2.05, 4.69) is 11.1 Å². The predicted molar refractivity (Wildman–Crippen MR) is 79.6 cm³/mol. The van der Waals surface area contributed by atoms with Crippen molar-refractivity contribution in [2.24, 2.45) is 0 Å². The lowest BCUT2D eigenvalue weighted by molar-refractivity contribution is 1.39. The highest BCUT2D eigenvalue weighted by molar-refractivity contribution is 7.22. The zero-order valence-corrected chi connectivity index (χ0v) is 11.7. The minimum Gasteiger partial charge on any atom is -0.236 e. The lowest BCUT2D eigenvalue weighted by Crippen LogP contribution is -1.80. The monoisotopic (exact) mass is 293 g/mol. The number of fused-ring (bicyclic) bond motifs is 1. The SMILES string of the molecule is ClCc1cccc(-c2nc3cccc(Cl)c3s2)c1. The number of nitrogens with zero attached hydrogens (tertiary/aromatic N) is 1. The summed E-state index contributed by atoms with van der Waals surface area (Å²) < 4.78 is 1.03. The summed E-state index contributed by atoms with van der Waals surface area (Å²) >= 11 is 13.6. The molecule has 0 aliphatic rings. The minimum absolute atomic E-state index is 0.513. The lowest BCUT2D eigenvalue weighted by atomic mass is 10.1. The molecule has 0 fully saturated rings. The second-order valence-corrected chi connectivity index (χ2v) is 5.61. The van der Waals surface area contributed by atoms with Crippen molar-refractivity contribution in [2.45, 2.75) is 5.88 Å². The Morgan fingerprint density at radius 3 is 2.72 bits per heavy atom. The van der Waals surface area contributed by atoms with Crippen molar-refractivity contribution in [2.75, 3.05) is 0 Å². The Balaban J connectivity index is 2.16. The highest BCUT2D eigenvalue weighted by atomic mass is 35.5. The number of hydrogen-bond acceptors (Lipinski definition) is 2. The molecule has 0 saturated heterocycles. The molecule has 1 nitrogen and oxygen atoms in total. The van der Waals surface area contributed by atoms with Gasteiger partial charge in [0.15, 0.2) is 0 Å². The average molecular weight is 294 g/mol. The third-order valence-corrected chi connectivity index (χ3v) is 4.58. The van der Waals surface area contributed by atoms with Crippen LogP contribution in [0.3, 0.4) is 0 Å². The molecule has 3 rings (SSSR count). The number of rotatable bonds is 2. The molecule has 3 aromatic rings. The summed E-state index contributed by atoms with van der Waals surface area (Å²) in [6.45, 7) is 0. The van der Waals surface area contributed by atoms with Gasteiger partial charge < -0.3 is 0 Å².